The Morgan fingerprint density at radius 1 is 1.10 bits per heavy atom. The summed E-state index contributed by atoms with van der Waals surface area (Å²) in [6.45, 7) is -0.0249. The van der Waals surface area contributed by atoms with Crippen LogP contribution in [0, 0.1) is 23.5 Å². The number of halogens is 5. The third-order valence-electron chi connectivity index (χ3n) is 5.80. The van der Waals surface area contributed by atoms with E-state index in [9.17, 15) is 22.0 Å². The van der Waals surface area contributed by atoms with Crippen LogP contribution >= 0.6 is 0 Å². The van der Waals surface area contributed by atoms with E-state index in [4.69, 9.17) is 4.74 Å². The first-order valence-electron chi connectivity index (χ1n) is 9.83. The molecule has 0 bridgehead atoms. The molecular formula is C21H18F5N3O. The van der Waals surface area contributed by atoms with Gasteiger partial charge in [-0.2, -0.15) is 13.2 Å². The highest BCUT2D eigenvalue weighted by molar-refractivity contribution is 5.56. The van der Waals surface area contributed by atoms with Crippen LogP contribution in [0.3, 0.4) is 0 Å². The van der Waals surface area contributed by atoms with Gasteiger partial charge in [-0.15, -0.1) is 10.2 Å². The minimum absolute atomic E-state index is 0.0249. The van der Waals surface area contributed by atoms with Gasteiger partial charge >= 0.3 is 6.18 Å². The standard InChI is InChI=1S/C21H18F5N3O/c22-13-3-4-16(23)15(9-13)14-8-12(14)10-30-17-5-6-29-18(7-11-1-2-11)27-28-20(29)19(17)21(24,25)26/h3-6,9,11-12,14H,1-2,7-8,10H2/t12-,14+/m1/s1. The third-order valence-corrected chi connectivity index (χ3v) is 5.80. The molecule has 0 aliphatic heterocycles. The summed E-state index contributed by atoms with van der Waals surface area (Å²) >= 11 is 0. The molecule has 9 heteroatoms. The van der Waals surface area contributed by atoms with Gasteiger partial charge in [0.2, 0.25) is 0 Å². The number of fused-ring (bicyclic) bond motifs is 1. The van der Waals surface area contributed by atoms with Gasteiger partial charge in [0.15, 0.2) is 5.65 Å². The second-order valence-corrected chi connectivity index (χ2v) is 8.09. The van der Waals surface area contributed by atoms with Gasteiger partial charge in [0.25, 0.3) is 0 Å². The van der Waals surface area contributed by atoms with Crippen molar-refractivity contribution in [3.63, 3.8) is 0 Å². The SMILES string of the molecule is Fc1ccc(F)c([C@H]2C[C@@H]2COc2ccn3c(CC4CC4)nnc3c2C(F)(F)F)c1. The number of nitrogens with zero attached hydrogens (tertiary/aromatic N) is 3. The van der Waals surface area contributed by atoms with Gasteiger partial charge in [-0.1, -0.05) is 0 Å². The van der Waals surface area contributed by atoms with E-state index in [1.54, 1.807) is 0 Å². The Hall–Kier alpha value is -2.71. The van der Waals surface area contributed by atoms with Crippen molar-refractivity contribution >= 4 is 5.65 Å². The van der Waals surface area contributed by atoms with E-state index in [0.29, 0.717) is 24.6 Å². The Bertz CT molecular complexity index is 1110. The van der Waals surface area contributed by atoms with Crippen molar-refractivity contribution < 1.29 is 26.7 Å². The Morgan fingerprint density at radius 3 is 2.63 bits per heavy atom. The quantitative estimate of drug-likeness (QED) is 0.514. The number of alkyl halides is 3. The van der Waals surface area contributed by atoms with Crippen LogP contribution in [-0.2, 0) is 12.6 Å². The molecule has 3 aromatic rings. The van der Waals surface area contributed by atoms with Crippen LogP contribution in [0.2, 0.25) is 0 Å². The lowest BCUT2D eigenvalue weighted by Crippen LogP contribution is -2.13. The van der Waals surface area contributed by atoms with Gasteiger partial charge in [-0.3, -0.25) is 4.40 Å². The molecule has 2 heterocycles. The summed E-state index contributed by atoms with van der Waals surface area (Å²) in [7, 11) is 0. The molecule has 2 saturated carbocycles. The lowest BCUT2D eigenvalue weighted by molar-refractivity contribution is -0.138. The van der Waals surface area contributed by atoms with Crippen molar-refractivity contribution in [3.8, 4) is 5.75 Å². The van der Waals surface area contributed by atoms with E-state index in [1.807, 2.05) is 0 Å². The second-order valence-electron chi connectivity index (χ2n) is 8.09. The number of ether oxygens (including phenoxy) is 1. The molecule has 0 unspecified atom stereocenters. The van der Waals surface area contributed by atoms with Crippen LogP contribution in [0.1, 0.15) is 42.1 Å². The lowest BCUT2D eigenvalue weighted by Gasteiger charge is -2.15. The smallest absolute Gasteiger partial charge is 0.423 e. The highest BCUT2D eigenvalue weighted by Crippen LogP contribution is 2.49. The minimum Gasteiger partial charge on any atom is -0.492 e. The molecule has 2 aliphatic carbocycles. The van der Waals surface area contributed by atoms with Crippen molar-refractivity contribution in [2.24, 2.45) is 11.8 Å². The van der Waals surface area contributed by atoms with Crippen molar-refractivity contribution in [1.82, 2.24) is 14.6 Å². The summed E-state index contributed by atoms with van der Waals surface area (Å²) in [5.74, 6) is -0.875. The fourth-order valence-corrected chi connectivity index (χ4v) is 3.90. The summed E-state index contributed by atoms with van der Waals surface area (Å²) < 4.78 is 75.5. The predicted octanol–water partition coefficient (Wildman–Crippen LogP) is 5.16. The summed E-state index contributed by atoms with van der Waals surface area (Å²) in [4.78, 5) is 0. The summed E-state index contributed by atoms with van der Waals surface area (Å²) in [5.41, 5.74) is -1.01. The van der Waals surface area contributed by atoms with Crippen LogP contribution < -0.4 is 4.74 Å². The van der Waals surface area contributed by atoms with Crippen LogP contribution in [0.5, 0.6) is 5.75 Å². The van der Waals surface area contributed by atoms with Gasteiger partial charge in [0, 0.05) is 18.5 Å². The highest BCUT2D eigenvalue weighted by atomic mass is 19.4. The minimum atomic E-state index is -4.67. The molecule has 0 saturated heterocycles. The number of hydrogen-bond donors (Lipinski definition) is 0. The third kappa shape index (κ3) is 3.61. The molecule has 0 amide bonds. The predicted molar refractivity (Wildman–Crippen MR) is 97.1 cm³/mol. The molecule has 0 N–H and O–H groups in total. The first-order chi connectivity index (χ1) is 14.3. The van der Waals surface area contributed by atoms with E-state index < -0.39 is 23.4 Å². The van der Waals surface area contributed by atoms with Gasteiger partial charge < -0.3 is 4.74 Å². The fraction of sp³-hybridized carbons (Fsp3) is 0.429. The molecule has 2 aliphatic rings. The van der Waals surface area contributed by atoms with E-state index in [2.05, 4.69) is 10.2 Å². The average Bonchev–Trinajstić information content (AvgIpc) is 3.60. The zero-order valence-corrected chi connectivity index (χ0v) is 15.8. The summed E-state index contributed by atoms with van der Waals surface area (Å²) in [6.07, 6.45) is 0.0586. The molecule has 2 atom stereocenters. The molecule has 30 heavy (non-hydrogen) atoms. The van der Waals surface area contributed by atoms with Crippen LogP contribution in [0.4, 0.5) is 22.0 Å². The normalized spacial score (nSPS) is 21.2. The Morgan fingerprint density at radius 2 is 1.90 bits per heavy atom. The molecule has 1 aromatic carbocycles. The largest absolute Gasteiger partial charge is 0.492 e. The Labute approximate surface area is 168 Å². The summed E-state index contributed by atoms with van der Waals surface area (Å²) in [5, 5.41) is 7.72. The first-order valence-corrected chi connectivity index (χ1v) is 9.83. The van der Waals surface area contributed by atoms with Crippen LogP contribution in [-0.4, -0.2) is 21.2 Å². The fourth-order valence-electron chi connectivity index (χ4n) is 3.90. The summed E-state index contributed by atoms with van der Waals surface area (Å²) in [6, 6.07) is 4.50. The Balaban J connectivity index is 1.37. The van der Waals surface area contributed by atoms with E-state index in [1.165, 1.54) is 16.7 Å². The van der Waals surface area contributed by atoms with Crippen molar-refractivity contribution in [3.05, 3.63) is 59.0 Å². The van der Waals surface area contributed by atoms with Gasteiger partial charge in [-0.05, 0) is 60.9 Å². The van der Waals surface area contributed by atoms with E-state index in [0.717, 1.165) is 31.0 Å². The molecule has 158 valence electrons. The van der Waals surface area contributed by atoms with Crippen LogP contribution in [0.25, 0.3) is 5.65 Å². The molecule has 4 nitrogen and oxygen atoms in total. The van der Waals surface area contributed by atoms with Gasteiger partial charge in [-0.25, -0.2) is 8.78 Å². The van der Waals surface area contributed by atoms with Gasteiger partial charge in [0.05, 0.1) is 6.61 Å². The number of pyridine rings is 1. The molecule has 5 rings (SSSR count). The molecule has 2 fully saturated rings. The number of benzene rings is 1. The van der Waals surface area contributed by atoms with E-state index >= 15 is 0 Å². The molecule has 2 aromatic heterocycles. The number of hydrogen-bond acceptors (Lipinski definition) is 3. The van der Waals surface area contributed by atoms with Gasteiger partial charge in [0.1, 0.15) is 28.8 Å². The zero-order valence-electron chi connectivity index (χ0n) is 15.8. The zero-order chi connectivity index (χ0) is 21.0. The molecule has 0 radical (unpaired) electrons. The maximum atomic E-state index is 13.9. The first kappa shape index (κ1) is 19.3. The number of rotatable bonds is 6. The van der Waals surface area contributed by atoms with Crippen LogP contribution in [0.15, 0.2) is 30.5 Å². The highest BCUT2D eigenvalue weighted by Gasteiger charge is 2.43. The Kier molecular flexibility index (Phi) is 4.44. The molecule has 0 spiro atoms. The maximum Gasteiger partial charge on any atom is 0.423 e. The monoisotopic (exact) mass is 423 g/mol. The van der Waals surface area contributed by atoms with Crippen molar-refractivity contribution in [1.29, 1.82) is 0 Å². The average molecular weight is 423 g/mol. The van der Waals surface area contributed by atoms with Crippen molar-refractivity contribution in [2.45, 2.75) is 37.8 Å². The number of aromatic nitrogens is 3. The second kappa shape index (κ2) is 6.92. The topological polar surface area (TPSA) is 39.4 Å². The van der Waals surface area contributed by atoms with E-state index in [-0.39, 0.29) is 35.4 Å². The maximum absolute atomic E-state index is 13.9. The lowest BCUT2D eigenvalue weighted by atomic mass is 10.1. The van der Waals surface area contributed by atoms with Crippen molar-refractivity contribution in [2.75, 3.05) is 6.61 Å². The molecular weight excluding hydrogens is 405 g/mol.